The minimum atomic E-state index is -0.615. The third kappa shape index (κ3) is 4.81. The first-order valence-electron chi connectivity index (χ1n) is 13.1. The van der Waals surface area contributed by atoms with Crippen molar-refractivity contribution in [2.45, 2.75) is 50.9 Å². The van der Waals surface area contributed by atoms with E-state index in [0.29, 0.717) is 17.5 Å². The lowest BCUT2D eigenvalue weighted by molar-refractivity contribution is -0.384. The average Bonchev–Trinajstić information content (AvgIpc) is 3.57. The third-order valence-corrected chi connectivity index (χ3v) is 9.24. The van der Waals surface area contributed by atoms with E-state index in [4.69, 9.17) is 9.15 Å². The summed E-state index contributed by atoms with van der Waals surface area (Å²) in [5, 5.41) is 34.1. The highest BCUT2D eigenvalue weighted by Gasteiger charge is 2.53. The fraction of sp³-hybridized carbons (Fsp3) is 0.429. The predicted molar refractivity (Wildman–Crippen MR) is 144 cm³/mol. The summed E-state index contributed by atoms with van der Waals surface area (Å²) in [4.78, 5) is 24.0. The number of amides is 1. The summed E-state index contributed by atoms with van der Waals surface area (Å²) >= 11 is 1.41. The number of carbonyl (C=O) groups is 1. The number of nitro groups is 1. The molecule has 39 heavy (non-hydrogen) atoms. The van der Waals surface area contributed by atoms with Crippen molar-refractivity contribution in [1.29, 1.82) is 5.26 Å². The van der Waals surface area contributed by atoms with Crippen LogP contribution in [0.15, 0.2) is 40.3 Å². The van der Waals surface area contributed by atoms with Crippen LogP contribution in [0.25, 0.3) is 17.4 Å². The highest BCUT2D eigenvalue weighted by atomic mass is 32.1. The zero-order valence-electron chi connectivity index (χ0n) is 21.4. The topological polar surface area (TPSA) is 144 Å². The molecule has 0 radical (unpaired) electrons. The van der Waals surface area contributed by atoms with Gasteiger partial charge in [-0.25, -0.2) is 0 Å². The van der Waals surface area contributed by atoms with Crippen LogP contribution >= 0.6 is 11.3 Å². The Kier molecular flexibility index (Phi) is 6.43. The molecule has 1 aromatic carbocycles. The first-order valence-corrected chi connectivity index (χ1v) is 14.0. The first-order chi connectivity index (χ1) is 18.9. The standard InChI is InChI=1S/C28H27N5O5S/c1-2-37-20-3-5-22(23(11-20)33(35)36)24-6-4-21(38-24)10-19(15-29)25(34)30-27-32-31-26(39-27)28-12-16-7-17(13-28)9-18(8-16)14-28/h3-6,10-11,16-18H,2,7-9,12-14H2,1H3,(H,30,32,34). The lowest BCUT2D eigenvalue weighted by Crippen LogP contribution is -2.48. The maximum atomic E-state index is 12.9. The summed E-state index contributed by atoms with van der Waals surface area (Å²) in [6.07, 6.45) is 8.75. The third-order valence-electron chi connectivity index (χ3n) is 8.16. The molecule has 4 bridgehead atoms. The Bertz CT molecular complexity index is 1480. The minimum absolute atomic E-state index is 0.0807. The fourth-order valence-corrected chi connectivity index (χ4v) is 7.98. The molecule has 0 saturated heterocycles. The predicted octanol–water partition coefficient (Wildman–Crippen LogP) is 6.12. The number of nitriles is 1. The van der Waals surface area contributed by atoms with Gasteiger partial charge >= 0.3 is 0 Å². The quantitative estimate of drug-likeness (QED) is 0.154. The van der Waals surface area contributed by atoms with Crippen LogP contribution in [0.4, 0.5) is 10.8 Å². The molecule has 4 saturated carbocycles. The molecule has 2 aromatic heterocycles. The van der Waals surface area contributed by atoms with Crippen molar-refractivity contribution in [2.24, 2.45) is 17.8 Å². The molecule has 2 heterocycles. The lowest BCUT2D eigenvalue weighted by atomic mass is 9.50. The number of ether oxygens (including phenoxy) is 1. The van der Waals surface area contributed by atoms with Crippen LogP contribution in [0, 0.1) is 39.2 Å². The molecule has 0 aliphatic heterocycles. The van der Waals surface area contributed by atoms with Crippen LogP contribution in [-0.2, 0) is 10.2 Å². The van der Waals surface area contributed by atoms with E-state index in [1.807, 2.05) is 6.07 Å². The zero-order chi connectivity index (χ0) is 27.1. The Labute approximate surface area is 228 Å². The van der Waals surface area contributed by atoms with Crippen LogP contribution in [0.2, 0.25) is 0 Å². The number of nitro benzene ring substituents is 1. The van der Waals surface area contributed by atoms with Gasteiger partial charge in [-0.15, -0.1) is 10.2 Å². The van der Waals surface area contributed by atoms with Gasteiger partial charge in [0, 0.05) is 11.5 Å². The van der Waals surface area contributed by atoms with Gasteiger partial charge in [0.2, 0.25) is 5.13 Å². The molecule has 7 rings (SSSR count). The molecule has 11 heteroatoms. The van der Waals surface area contributed by atoms with E-state index in [1.54, 1.807) is 31.2 Å². The van der Waals surface area contributed by atoms with Gasteiger partial charge in [0.1, 0.15) is 33.9 Å². The summed E-state index contributed by atoms with van der Waals surface area (Å²) in [7, 11) is 0. The van der Waals surface area contributed by atoms with E-state index in [9.17, 15) is 20.2 Å². The second-order valence-corrected chi connectivity index (χ2v) is 11.8. The molecule has 0 atom stereocenters. The van der Waals surface area contributed by atoms with Gasteiger partial charge in [0.25, 0.3) is 11.6 Å². The van der Waals surface area contributed by atoms with Crippen LogP contribution in [0.1, 0.15) is 56.2 Å². The van der Waals surface area contributed by atoms with E-state index in [2.05, 4.69) is 15.5 Å². The Hall–Kier alpha value is -4.04. The number of furan rings is 1. The van der Waals surface area contributed by atoms with Crippen LogP contribution in [0.3, 0.4) is 0 Å². The number of hydrogen-bond acceptors (Lipinski definition) is 9. The highest BCUT2D eigenvalue weighted by molar-refractivity contribution is 7.15. The van der Waals surface area contributed by atoms with E-state index in [1.165, 1.54) is 42.7 Å². The van der Waals surface area contributed by atoms with Gasteiger partial charge in [-0.1, -0.05) is 11.3 Å². The van der Waals surface area contributed by atoms with E-state index in [-0.39, 0.29) is 33.8 Å². The van der Waals surface area contributed by atoms with Crippen molar-refractivity contribution in [2.75, 3.05) is 11.9 Å². The first kappa shape index (κ1) is 25.2. The molecular formula is C28H27N5O5S. The van der Waals surface area contributed by atoms with Crippen molar-refractivity contribution < 1.29 is 18.9 Å². The summed E-state index contributed by atoms with van der Waals surface area (Å²) in [5.74, 6) is 2.53. The molecule has 200 valence electrons. The smallest absolute Gasteiger partial charge is 0.284 e. The molecular weight excluding hydrogens is 518 g/mol. The van der Waals surface area contributed by atoms with Gasteiger partial charge in [-0.05, 0) is 87.5 Å². The Morgan fingerprint density at radius 3 is 2.59 bits per heavy atom. The van der Waals surface area contributed by atoms with Crippen LogP contribution in [0.5, 0.6) is 5.75 Å². The number of hydrogen-bond donors (Lipinski definition) is 1. The molecule has 4 fully saturated rings. The number of nitrogens with zero attached hydrogens (tertiary/aromatic N) is 4. The number of benzene rings is 1. The summed E-state index contributed by atoms with van der Waals surface area (Å²) in [6, 6.07) is 9.52. The van der Waals surface area contributed by atoms with Crippen molar-refractivity contribution >= 4 is 34.1 Å². The molecule has 10 nitrogen and oxygen atoms in total. The second-order valence-electron chi connectivity index (χ2n) is 10.8. The normalized spacial score (nSPS) is 25.3. The van der Waals surface area contributed by atoms with Gasteiger partial charge < -0.3 is 9.15 Å². The van der Waals surface area contributed by atoms with Crippen LogP contribution < -0.4 is 10.1 Å². The number of rotatable bonds is 8. The number of carbonyl (C=O) groups excluding carboxylic acids is 1. The summed E-state index contributed by atoms with van der Waals surface area (Å²) in [5.41, 5.74) is -0.00639. The van der Waals surface area contributed by atoms with Gasteiger partial charge in [-0.3, -0.25) is 20.2 Å². The molecule has 4 aliphatic rings. The zero-order valence-corrected chi connectivity index (χ0v) is 22.2. The molecule has 4 aliphatic carbocycles. The SMILES string of the molecule is CCOc1ccc(-c2ccc(C=C(C#N)C(=O)Nc3nnc(C45CC6CC(CC(C6)C4)C5)s3)o2)c([N+](=O)[O-])c1. The number of nitrogens with one attached hydrogen (secondary N) is 1. The average molecular weight is 546 g/mol. The Balaban J connectivity index is 1.18. The number of anilines is 1. The van der Waals surface area contributed by atoms with Crippen molar-refractivity contribution in [3.8, 4) is 23.1 Å². The van der Waals surface area contributed by atoms with Gasteiger partial charge in [-0.2, -0.15) is 5.26 Å². The summed E-state index contributed by atoms with van der Waals surface area (Å²) < 4.78 is 11.1. The lowest BCUT2D eigenvalue weighted by Gasteiger charge is -2.55. The minimum Gasteiger partial charge on any atom is -0.494 e. The Morgan fingerprint density at radius 1 is 1.23 bits per heavy atom. The molecule has 1 N–H and O–H groups in total. The van der Waals surface area contributed by atoms with E-state index < -0.39 is 10.8 Å². The van der Waals surface area contributed by atoms with Crippen molar-refractivity contribution in [3.63, 3.8) is 0 Å². The molecule has 0 unspecified atom stereocenters. The largest absolute Gasteiger partial charge is 0.494 e. The molecule has 1 amide bonds. The molecule has 3 aromatic rings. The van der Waals surface area contributed by atoms with Crippen LogP contribution in [-0.4, -0.2) is 27.6 Å². The summed E-state index contributed by atoms with van der Waals surface area (Å²) in [6.45, 7) is 2.17. The number of aromatic nitrogens is 2. The maximum absolute atomic E-state index is 12.9. The van der Waals surface area contributed by atoms with Gasteiger partial charge in [0.05, 0.1) is 23.2 Å². The highest BCUT2D eigenvalue weighted by Crippen LogP contribution is 2.61. The van der Waals surface area contributed by atoms with Gasteiger partial charge in [0.15, 0.2) is 0 Å². The van der Waals surface area contributed by atoms with Crippen molar-refractivity contribution in [1.82, 2.24) is 10.2 Å². The van der Waals surface area contributed by atoms with Crippen molar-refractivity contribution in [3.05, 3.63) is 56.8 Å². The second kappa shape index (κ2) is 9.93. The van der Waals surface area contributed by atoms with E-state index in [0.717, 1.165) is 42.0 Å². The monoisotopic (exact) mass is 545 g/mol. The maximum Gasteiger partial charge on any atom is 0.284 e. The fourth-order valence-electron chi connectivity index (χ4n) is 7.02. The Morgan fingerprint density at radius 2 is 1.95 bits per heavy atom. The molecule has 0 spiro atoms. The van der Waals surface area contributed by atoms with E-state index >= 15 is 0 Å².